The van der Waals surface area contributed by atoms with Crippen LogP contribution in [0.4, 0.5) is 0 Å². The summed E-state index contributed by atoms with van der Waals surface area (Å²) in [4.78, 5) is 0. The number of ether oxygens (including phenoxy) is 1. The van der Waals surface area contributed by atoms with Crippen molar-refractivity contribution in [3.8, 4) is 5.75 Å². The Bertz CT molecular complexity index is 387. The molecule has 2 nitrogen and oxygen atoms in total. The van der Waals surface area contributed by atoms with Crippen molar-refractivity contribution in [3.05, 3.63) is 29.8 Å². The molecule has 0 saturated heterocycles. The summed E-state index contributed by atoms with van der Waals surface area (Å²) in [7, 11) is 0. The minimum atomic E-state index is 0.295. The van der Waals surface area contributed by atoms with Gasteiger partial charge in [-0.1, -0.05) is 39.8 Å². The summed E-state index contributed by atoms with van der Waals surface area (Å²) in [6, 6.07) is 8.86. The van der Waals surface area contributed by atoms with Gasteiger partial charge < -0.3 is 10.1 Å². The highest BCUT2D eigenvalue weighted by atomic mass is 32.2. The zero-order valence-electron chi connectivity index (χ0n) is 13.5. The molecule has 0 aliphatic carbocycles. The molecule has 0 radical (unpaired) electrons. The Labute approximate surface area is 128 Å². The summed E-state index contributed by atoms with van der Waals surface area (Å²) in [5, 5.41) is 3.65. The highest BCUT2D eigenvalue weighted by Gasteiger charge is 2.17. The van der Waals surface area contributed by atoms with Crippen molar-refractivity contribution in [1.82, 2.24) is 5.32 Å². The number of nitrogens with one attached hydrogen (secondary N) is 1. The highest BCUT2D eigenvalue weighted by Crippen LogP contribution is 2.29. The van der Waals surface area contributed by atoms with E-state index in [4.69, 9.17) is 4.74 Å². The third-order valence-corrected chi connectivity index (χ3v) is 4.26. The topological polar surface area (TPSA) is 21.3 Å². The minimum absolute atomic E-state index is 0.295. The first-order chi connectivity index (χ1) is 9.46. The monoisotopic (exact) mass is 295 g/mol. The van der Waals surface area contributed by atoms with Gasteiger partial charge in [0.25, 0.3) is 0 Å². The van der Waals surface area contributed by atoms with Crippen LogP contribution < -0.4 is 10.1 Å². The summed E-state index contributed by atoms with van der Waals surface area (Å²) in [5.74, 6) is 2.05. The van der Waals surface area contributed by atoms with Gasteiger partial charge in [0.05, 0.1) is 6.61 Å². The normalized spacial score (nSPS) is 13.2. The van der Waals surface area contributed by atoms with Crippen LogP contribution in [-0.4, -0.2) is 23.7 Å². The van der Waals surface area contributed by atoms with Crippen LogP contribution in [0.5, 0.6) is 5.75 Å². The highest BCUT2D eigenvalue weighted by molar-refractivity contribution is 8.00. The second-order valence-corrected chi connectivity index (χ2v) is 7.78. The van der Waals surface area contributed by atoms with Gasteiger partial charge in [0, 0.05) is 16.5 Å². The van der Waals surface area contributed by atoms with E-state index < -0.39 is 0 Å². The molecule has 0 spiro atoms. The van der Waals surface area contributed by atoms with E-state index in [0.717, 1.165) is 24.5 Å². The van der Waals surface area contributed by atoms with Crippen molar-refractivity contribution in [2.24, 2.45) is 0 Å². The maximum absolute atomic E-state index is 5.61. The molecule has 1 aromatic rings. The molecule has 0 bridgehead atoms. The van der Waals surface area contributed by atoms with Crippen molar-refractivity contribution < 1.29 is 4.74 Å². The van der Waals surface area contributed by atoms with Gasteiger partial charge in [-0.05, 0) is 37.6 Å². The first-order valence-corrected chi connectivity index (χ1v) is 8.55. The van der Waals surface area contributed by atoms with Crippen molar-refractivity contribution >= 4 is 11.8 Å². The Kier molecular flexibility index (Phi) is 7.46. The lowest BCUT2D eigenvalue weighted by Crippen LogP contribution is -2.26. The van der Waals surface area contributed by atoms with Gasteiger partial charge >= 0.3 is 0 Å². The van der Waals surface area contributed by atoms with E-state index in [-0.39, 0.29) is 0 Å². The van der Waals surface area contributed by atoms with E-state index in [2.05, 4.69) is 51.2 Å². The lowest BCUT2D eigenvalue weighted by molar-refractivity contribution is 0.339. The van der Waals surface area contributed by atoms with Gasteiger partial charge in [-0.3, -0.25) is 0 Å². The Morgan fingerprint density at radius 3 is 2.60 bits per heavy atom. The second-order valence-electron chi connectivity index (χ2n) is 5.94. The van der Waals surface area contributed by atoms with E-state index in [0.29, 0.717) is 17.4 Å². The molecule has 1 N–H and O–H groups in total. The number of benzene rings is 1. The van der Waals surface area contributed by atoms with Crippen LogP contribution in [0.2, 0.25) is 0 Å². The number of thioether (sulfide) groups is 1. The lowest BCUT2D eigenvalue weighted by Gasteiger charge is -2.24. The number of hydrogen-bond acceptors (Lipinski definition) is 3. The molecule has 20 heavy (non-hydrogen) atoms. The maximum Gasteiger partial charge on any atom is 0.119 e. The molecular formula is C17H29NOS. The third-order valence-electron chi connectivity index (χ3n) is 2.90. The first kappa shape index (κ1) is 17.4. The van der Waals surface area contributed by atoms with Crippen LogP contribution in [0.25, 0.3) is 0 Å². The third kappa shape index (κ3) is 6.67. The van der Waals surface area contributed by atoms with Gasteiger partial charge in [-0.2, -0.15) is 11.8 Å². The van der Waals surface area contributed by atoms with Crippen LogP contribution >= 0.6 is 11.8 Å². The molecule has 0 aliphatic heterocycles. The predicted octanol–water partition coefficient (Wildman–Crippen LogP) is 4.66. The van der Waals surface area contributed by atoms with Crippen molar-refractivity contribution in [2.45, 2.75) is 51.8 Å². The molecule has 0 fully saturated rings. The van der Waals surface area contributed by atoms with E-state index in [1.807, 2.05) is 24.8 Å². The molecule has 0 saturated carbocycles. The smallest absolute Gasteiger partial charge is 0.119 e. The molecule has 1 aromatic carbocycles. The Hall–Kier alpha value is -0.670. The zero-order valence-corrected chi connectivity index (χ0v) is 14.3. The van der Waals surface area contributed by atoms with Gasteiger partial charge in [-0.25, -0.2) is 0 Å². The predicted molar refractivity (Wildman–Crippen MR) is 90.9 cm³/mol. The van der Waals surface area contributed by atoms with Crippen molar-refractivity contribution in [3.63, 3.8) is 0 Å². The van der Waals surface area contributed by atoms with Crippen LogP contribution in [0.3, 0.4) is 0 Å². The molecule has 0 amide bonds. The molecule has 0 aromatic heterocycles. The quantitative estimate of drug-likeness (QED) is 0.754. The molecule has 114 valence electrons. The number of hydrogen-bond donors (Lipinski definition) is 1. The van der Waals surface area contributed by atoms with Gasteiger partial charge in [0.2, 0.25) is 0 Å². The van der Waals surface area contributed by atoms with E-state index in [1.54, 1.807) is 0 Å². The summed E-state index contributed by atoms with van der Waals surface area (Å²) in [6.07, 6.45) is 1.15. The fraction of sp³-hybridized carbons (Fsp3) is 0.647. The average molecular weight is 295 g/mol. The summed E-state index contributed by atoms with van der Waals surface area (Å²) < 4.78 is 5.91. The molecule has 0 heterocycles. The van der Waals surface area contributed by atoms with Crippen molar-refractivity contribution in [2.75, 3.05) is 18.9 Å². The van der Waals surface area contributed by atoms with Gasteiger partial charge in [-0.15, -0.1) is 0 Å². The molecular weight excluding hydrogens is 266 g/mol. The summed E-state index contributed by atoms with van der Waals surface area (Å²) in [5.41, 5.74) is 1.32. The first-order valence-electron chi connectivity index (χ1n) is 7.56. The van der Waals surface area contributed by atoms with Gasteiger partial charge in [0.15, 0.2) is 0 Å². The van der Waals surface area contributed by atoms with E-state index in [9.17, 15) is 0 Å². The SMILES string of the molecule is CCCNC(CSC(C)(C)C)c1cccc(OCC)c1. The molecule has 1 atom stereocenters. The fourth-order valence-electron chi connectivity index (χ4n) is 1.91. The molecule has 1 rings (SSSR count). The Morgan fingerprint density at radius 2 is 2.00 bits per heavy atom. The minimum Gasteiger partial charge on any atom is -0.494 e. The standard InChI is InChI=1S/C17H29NOS/c1-6-11-18-16(13-20-17(3,4)5)14-9-8-10-15(12-14)19-7-2/h8-10,12,16,18H,6-7,11,13H2,1-5H3. The van der Waals surface area contributed by atoms with Gasteiger partial charge in [0.1, 0.15) is 5.75 Å². The average Bonchev–Trinajstić information content (AvgIpc) is 2.38. The van der Waals surface area contributed by atoms with Crippen molar-refractivity contribution in [1.29, 1.82) is 0 Å². The lowest BCUT2D eigenvalue weighted by atomic mass is 10.1. The fourth-order valence-corrected chi connectivity index (χ4v) is 2.89. The van der Waals surface area contributed by atoms with Crippen LogP contribution in [0, 0.1) is 0 Å². The van der Waals surface area contributed by atoms with E-state index in [1.165, 1.54) is 5.56 Å². The number of rotatable bonds is 8. The summed E-state index contributed by atoms with van der Waals surface area (Å²) in [6.45, 7) is 12.8. The zero-order chi connectivity index (χ0) is 15.0. The molecule has 0 aliphatic rings. The Balaban J connectivity index is 2.77. The maximum atomic E-state index is 5.61. The largest absolute Gasteiger partial charge is 0.494 e. The van der Waals surface area contributed by atoms with Crippen LogP contribution in [-0.2, 0) is 0 Å². The van der Waals surface area contributed by atoms with Crippen LogP contribution in [0.1, 0.15) is 52.6 Å². The molecule has 3 heteroatoms. The molecule has 1 unspecified atom stereocenters. The van der Waals surface area contributed by atoms with Crippen LogP contribution in [0.15, 0.2) is 24.3 Å². The second kappa shape index (κ2) is 8.58. The summed E-state index contributed by atoms with van der Waals surface area (Å²) >= 11 is 2.00. The van der Waals surface area contributed by atoms with E-state index >= 15 is 0 Å². The Morgan fingerprint density at radius 1 is 1.25 bits per heavy atom.